The highest BCUT2D eigenvalue weighted by Gasteiger charge is 2.49. The molecule has 0 amide bonds. The first kappa shape index (κ1) is 6.47. The topological polar surface area (TPSA) is 20.2 Å². The molecular weight excluding hydrogens is 136 g/mol. The zero-order chi connectivity index (χ0) is 7.42. The lowest BCUT2D eigenvalue weighted by Gasteiger charge is -2.30. The maximum Gasteiger partial charge on any atom is 0.0573 e. The second-order valence-electron chi connectivity index (χ2n) is 4.80. The van der Waals surface area contributed by atoms with Crippen LogP contribution in [0.15, 0.2) is 0 Å². The zero-order valence-corrected chi connectivity index (χ0v) is 6.87. The largest absolute Gasteiger partial charge is 0.393 e. The van der Waals surface area contributed by atoms with E-state index < -0.39 is 0 Å². The molecule has 62 valence electrons. The molecule has 3 saturated carbocycles. The van der Waals surface area contributed by atoms with E-state index in [1.54, 1.807) is 0 Å². The Morgan fingerprint density at radius 3 is 2.55 bits per heavy atom. The first-order valence-corrected chi connectivity index (χ1v) is 5.02. The Morgan fingerprint density at radius 1 is 0.818 bits per heavy atom. The maximum absolute atomic E-state index is 9.78. The van der Waals surface area contributed by atoms with Crippen LogP contribution >= 0.6 is 0 Å². The standard InChI is InChI=1S/C10H16O/c11-10-5-6-1-2-7-3-8(6)4-9(7)10/h6-11H,1-5H2/t6-,7-,8+,9+,10+/m1/s1. The summed E-state index contributed by atoms with van der Waals surface area (Å²) < 4.78 is 0. The minimum Gasteiger partial charge on any atom is -0.393 e. The summed E-state index contributed by atoms with van der Waals surface area (Å²) in [5.74, 6) is 3.54. The van der Waals surface area contributed by atoms with Crippen molar-refractivity contribution in [2.24, 2.45) is 23.7 Å². The molecule has 0 aliphatic heterocycles. The Kier molecular flexibility index (Phi) is 1.18. The number of aliphatic hydroxyl groups excluding tert-OH is 1. The molecule has 1 heteroatoms. The van der Waals surface area contributed by atoms with Gasteiger partial charge in [0.05, 0.1) is 6.10 Å². The van der Waals surface area contributed by atoms with E-state index in [0.717, 1.165) is 24.2 Å². The first-order chi connectivity index (χ1) is 5.34. The summed E-state index contributed by atoms with van der Waals surface area (Å²) in [5.41, 5.74) is 0. The van der Waals surface area contributed by atoms with Crippen LogP contribution in [0.1, 0.15) is 32.1 Å². The monoisotopic (exact) mass is 152 g/mol. The van der Waals surface area contributed by atoms with Crippen LogP contribution in [0.2, 0.25) is 0 Å². The second-order valence-corrected chi connectivity index (χ2v) is 4.80. The van der Waals surface area contributed by atoms with Gasteiger partial charge in [-0.15, -0.1) is 0 Å². The summed E-state index contributed by atoms with van der Waals surface area (Å²) >= 11 is 0. The summed E-state index contributed by atoms with van der Waals surface area (Å²) in [7, 11) is 0. The Labute approximate surface area is 67.8 Å². The Balaban J connectivity index is 1.97. The summed E-state index contributed by atoms with van der Waals surface area (Å²) in [6.45, 7) is 0. The van der Waals surface area contributed by atoms with Crippen LogP contribution in [0.4, 0.5) is 0 Å². The molecule has 0 spiro atoms. The molecule has 1 N–H and O–H groups in total. The average molecular weight is 152 g/mol. The lowest BCUT2D eigenvalue weighted by molar-refractivity contribution is 0.0510. The lowest BCUT2D eigenvalue weighted by atomic mass is 9.77. The quantitative estimate of drug-likeness (QED) is 0.561. The highest BCUT2D eigenvalue weighted by atomic mass is 16.3. The highest BCUT2D eigenvalue weighted by Crippen LogP contribution is 2.55. The molecule has 11 heavy (non-hydrogen) atoms. The highest BCUT2D eigenvalue weighted by molar-refractivity contribution is 4.99. The molecule has 0 radical (unpaired) electrons. The Morgan fingerprint density at radius 2 is 1.64 bits per heavy atom. The first-order valence-electron chi connectivity index (χ1n) is 5.02. The second kappa shape index (κ2) is 2.01. The molecule has 0 unspecified atom stereocenters. The molecular formula is C10H16O. The van der Waals surface area contributed by atoms with Crippen LogP contribution in [0.3, 0.4) is 0 Å². The summed E-state index contributed by atoms with van der Waals surface area (Å²) in [6.07, 6.45) is 6.85. The Bertz CT molecular complexity index is 176. The van der Waals surface area contributed by atoms with Gasteiger partial charge in [0.1, 0.15) is 0 Å². The number of hydrogen-bond acceptors (Lipinski definition) is 1. The van der Waals surface area contributed by atoms with Gasteiger partial charge < -0.3 is 5.11 Å². The van der Waals surface area contributed by atoms with Gasteiger partial charge in [0.2, 0.25) is 0 Å². The summed E-state index contributed by atoms with van der Waals surface area (Å²) in [5, 5.41) is 9.78. The van der Waals surface area contributed by atoms with E-state index in [4.69, 9.17) is 0 Å². The minimum absolute atomic E-state index is 0.0752. The summed E-state index contributed by atoms with van der Waals surface area (Å²) in [6, 6.07) is 0. The van der Waals surface area contributed by atoms with Crippen LogP contribution in [0.25, 0.3) is 0 Å². The van der Waals surface area contributed by atoms with Crippen molar-refractivity contribution in [1.29, 1.82) is 0 Å². The molecule has 0 saturated heterocycles. The maximum atomic E-state index is 9.78. The molecule has 5 atom stereocenters. The van der Waals surface area contributed by atoms with Crippen molar-refractivity contribution in [3.63, 3.8) is 0 Å². The van der Waals surface area contributed by atoms with Crippen LogP contribution in [0.5, 0.6) is 0 Å². The fourth-order valence-electron chi connectivity index (χ4n) is 3.85. The number of fused-ring (bicyclic) bond motifs is 3. The van der Waals surface area contributed by atoms with Crippen molar-refractivity contribution in [3.05, 3.63) is 0 Å². The summed E-state index contributed by atoms with van der Waals surface area (Å²) in [4.78, 5) is 0. The minimum atomic E-state index is 0.0752. The molecule has 0 aromatic heterocycles. The van der Waals surface area contributed by atoms with Gasteiger partial charge in [-0.05, 0) is 55.8 Å². The van der Waals surface area contributed by atoms with Crippen molar-refractivity contribution in [3.8, 4) is 0 Å². The van der Waals surface area contributed by atoms with Crippen molar-refractivity contribution in [2.45, 2.75) is 38.2 Å². The SMILES string of the molecule is O[C@H]1C[C@H]2CC[C@@H]3C[C@H]2C[C@@H]31. The van der Waals surface area contributed by atoms with Crippen molar-refractivity contribution >= 4 is 0 Å². The van der Waals surface area contributed by atoms with Crippen LogP contribution in [-0.2, 0) is 0 Å². The van der Waals surface area contributed by atoms with Crippen LogP contribution < -0.4 is 0 Å². The third-order valence-electron chi connectivity index (χ3n) is 4.40. The average Bonchev–Trinajstić information content (AvgIpc) is 2.22. The van der Waals surface area contributed by atoms with E-state index >= 15 is 0 Å². The molecule has 0 aromatic carbocycles. The van der Waals surface area contributed by atoms with E-state index in [9.17, 15) is 5.11 Å². The number of rotatable bonds is 0. The molecule has 3 fully saturated rings. The predicted molar refractivity (Wildman–Crippen MR) is 43.1 cm³/mol. The van der Waals surface area contributed by atoms with Crippen molar-refractivity contribution < 1.29 is 5.11 Å². The van der Waals surface area contributed by atoms with E-state index in [0.29, 0.717) is 5.92 Å². The van der Waals surface area contributed by atoms with Gasteiger partial charge in [-0.2, -0.15) is 0 Å². The lowest BCUT2D eigenvalue weighted by Crippen LogP contribution is -2.28. The molecule has 0 aromatic rings. The zero-order valence-electron chi connectivity index (χ0n) is 6.87. The molecule has 3 aliphatic rings. The molecule has 1 nitrogen and oxygen atoms in total. The van der Waals surface area contributed by atoms with Gasteiger partial charge in [0.15, 0.2) is 0 Å². The smallest absolute Gasteiger partial charge is 0.0573 e. The van der Waals surface area contributed by atoms with Crippen LogP contribution in [0, 0.1) is 23.7 Å². The van der Waals surface area contributed by atoms with Gasteiger partial charge in [-0.25, -0.2) is 0 Å². The van der Waals surface area contributed by atoms with E-state index in [-0.39, 0.29) is 6.10 Å². The Hall–Kier alpha value is -0.0400. The van der Waals surface area contributed by atoms with Gasteiger partial charge in [-0.1, -0.05) is 0 Å². The van der Waals surface area contributed by atoms with Gasteiger partial charge in [0, 0.05) is 0 Å². The van der Waals surface area contributed by atoms with E-state index in [2.05, 4.69) is 0 Å². The number of aliphatic hydroxyl groups is 1. The van der Waals surface area contributed by atoms with E-state index in [1.165, 1.54) is 25.7 Å². The van der Waals surface area contributed by atoms with Gasteiger partial charge >= 0.3 is 0 Å². The molecule has 3 bridgehead atoms. The van der Waals surface area contributed by atoms with Gasteiger partial charge in [0.25, 0.3) is 0 Å². The molecule has 0 heterocycles. The molecule has 3 aliphatic carbocycles. The van der Waals surface area contributed by atoms with E-state index in [1.807, 2.05) is 0 Å². The number of hydrogen-bond donors (Lipinski definition) is 1. The fraction of sp³-hybridized carbons (Fsp3) is 1.00. The fourth-order valence-corrected chi connectivity index (χ4v) is 3.85. The van der Waals surface area contributed by atoms with Crippen LogP contribution in [-0.4, -0.2) is 11.2 Å². The predicted octanol–water partition coefficient (Wildman–Crippen LogP) is 1.80. The third kappa shape index (κ3) is 0.752. The molecule has 3 rings (SSSR count). The van der Waals surface area contributed by atoms with Gasteiger partial charge in [-0.3, -0.25) is 0 Å². The van der Waals surface area contributed by atoms with Crippen molar-refractivity contribution in [1.82, 2.24) is 0 Å². The van der Waals surface area contributed by atoms with Crippen molar-refractivity contribution in [2.75, 3.05) is 0 Å². The third-order valence-corrected chi connectivity index (χ3v) is 4.40. The normalized spacial score (nSPS) is 60.3.